The zero-order chi connectivity index (χ0) is 19.1. The van der Waals surface area contributed by atoms with Crippen molar-refractivity contribution in [3.05, 3.63) is 99.0 Å². The van der Waals surface area contributed by atoms with Gasteiger partial charge in [0.25, 0.3) is 5.91 Å². The standard InChI is InChI=1S/C21H16BrClN2O2/c22-18-9-7-16(8-10-18)21(26)25-24-13-15-5-11-19(12-6-15)27-14-17-3-1-2-4-20(17)23/h1-13H,14H2,(H,25,26). The molecule has 0 saturated heterocycles. The van der Waals surface area contributed by atoms with E-state index in [2.05, 4.69) is 26.5 Å². The summed E-state index contributed by atoms with van der Waals surface area (Å²) >= 11 is 9.45. The summed E-state index contributed by atoms with van der Waals surface area (Å²) in [5, 5.41) is 4.66. The minimum Gasteiger partial charge on any atom is -0.489 e. The summed E-state index contributed by atoms with van der Waals surface area (Å²) in [5.41, 5.74) is 4.82. The summed E-state index contributed by atoms with van der Waals surface area (Å²) in [6.07, 6.45) is 1.58. The smallest absolute Gasteiger partial charge is 0.271 e. The molecule has 3 aromatic rings. The van der Waals surface area contributed by atoms with Crippen molar-refractivity contribution in [1.82, 2.24) is 5.43 Å². The molecule has 0 aliphatic carbocycles. The molecule has 1 N–H and O–H groups in total. The summed E-state index contributed by atoms with van der Waals surface area (Å²) < 4.78 is 6.65. The maximum absolute atomic E-state index is 12.0. The fraction of sp³-hybridized carbons (Fsp3) is 0.0476. The van der Waals surface area contributed by atoms with Crippen molar-refractivity contribution in [1.29, 1.82) is 0 Å². The Morgan fingerprint density at radius 1 is 1.04 bits per heavy atom. The normalized spacial score (nSPS) is 10.7. The average Bonchev–Trinajstić information content (AvgIpc) is 2.69. The monoisotopic (exact) mass is 442 g/mol. The maximum Gasteiger partial charge on any atom is 0.271 e. The number of hydrogen-bond donors (Lipinski definition) is 1. The first kappa shape index (κ1) is 19.1. The molecule has 0 fully saturated rings. The highest BCUT2D eigenvalue weighted by molar-refractivity contribution is 9.10. The van der Waals surface area contributed by atoms with E-state index in [1.165, 1.54) is 0 Å². The average molecular weight is 444 g/mol. The molecule has 0 atom stereocenters. The highest BCUT2D eigenvalue weighted by Crippen LogP contribution is 2.18. The Kier molecular flexibility index (Phi) is 6.63. The number of halogens is 2. The Balaban J connectivity index is 1.52. The highest BCUT2D eigenvalue weighted by Gasteiger charge is 2.03. The molecule has 0 radical (unpaired) electrons. The molecule has 3 rings (SSSR count). The summed E-state index contributed by atoms with van der Waals surface area (Å²) in [7, 11) is 0. The third kappa shape index (κ3) is 5.67. The van der Waals surface area contributed by atoms with Crippen LogP contribution in [0.5, 0.6) is 5.75 Å². The van der Waals surface area contributed by atoms with Gasteiger partial charge >= 0.3 is 0 Å². The summed E-state index contributed by atoms with van der Waals surface area (Å²) in [6.45, 7) is 0.399. The largest absolute Gasteiger partial charge is 0.489 e. The van der Waals surface area contributed by atoms with Crippen LogP contribution in [-0.4, -0.2) is 12.1 Å². The molecule has 1 amide bonds. The van der Waals surface area contributed by atoms with Gasteiger partial charge < -0.3 is 4.74 Å². The molecule has 0 aliphatic rings. The van der Waals surface area contributed by atoms with E-state index in [9.17, 15) is 4.79 Å². The number of amides is 1. The van der Waals surface area contributed by atoms with E-state index < -0.39 is 0 Å². The topological polar surface area (TPSA) is 50.7 Å². The van der Waals surface area contributed by atoms with Crippen LogP contribution in [0.15, 0.2) is 82.4 Å². The molecule has 27 heavy (non-hydrogen) atoms. The molecule has 0 saturated carbocycles. The van der Waals surface area contributed by atoms with E-state index in [1.54, 1.807) is 30.5 Å². The fourth-order valence-corrected chi connectivity index (χ4v) is 2.71. The van der Waals surface area contributed by atoms with Crippen LogP contribution in [0.1, 0.15) is 21.5 Å². The van der Waals surface area contributed by atoms with Gasteiger partial charge in [-0.25, -0.2) is 5.43 Å². The Labute approximate surface area is 171 Å². The van der Waals surface area contributed by atoms with Crippen LogP contribution in [0, 0.1) is 0 Å². The first-order chi connectivity index (χ1) is 13.1. The fourth-order valence-electron chi connectivity index (χ4n) is 2.26. The molecular weight excluding hydrogens is 428 g/mol. The van der Waals surface area contributed by atoms with E-state index in [0.29, 0.717) is 17.2 Å². The number of benzene rings is 3. The van der Waals surface area contributed by atoms with Crippen molar-refractivity contribution in [2.45, 2.75) is 6.61 Å². The predicted molar refractivity (Wildman–Crippen MR) is 111 cm³/mol. The highest BCUT2D eigenvalue weighted by atomic mass is 79.9. The predicted octanol–water partition coefficient (Wildman–Crippen LogP) is 5.45. The lowest BCUT2D eigenvalue weighted by Crippen LogP contribution is -2.17. The number of carbonyl (C=O) groups excluding carboxylic acids is 1. The first-order valence-corrected chi connectivity index (χ1v) is 9.34. The summed E-state index contributed by atoms with van der Waals surface area (Å²) in [4.78, 5) is 12.0. The Bertz CT molecular complexity index is 941. The Morgan fingerprint density at radius 3 is 2.44 bits per heavy atom. The van der Waals surface area contributed by atoms with Gasteiger partial charge in [-0.15, -0.1) is 0 Å². The number of hydrogen-bond acceptors (Lipinski definition) is 3. The third-order valence-corrected chi connectivity index (χ3v) is 4.62. The SMILES string of the molecule is O=C(NN=Cc1ccc(OCc2ccccc2Cl)cc1)c1ccc(Br)cc1. The molecule has 0 heterocycles. The number of nitrogens with zero attached hydrogens (tertiary/aromatic N) is 1. The van der Waals surface area contributed by atoms with E-state index in [-0.39, 0.29) is 5.91 Å². The number of rotatable bonds is 6. The molecule has 6 heteroatoms. The Morgan fingerprint density at radius 2 is 1.74 bits per heavy atom. The van der Waals surface area contributed by atoms with Gasteiger partial charge in [0.1, 0.15) is 12.4 Å². The lowest BCUT2D eigenvalue weighted by molar-refractivity contribution is 0.0955. The van der Waals surface area contributed by atoms with Crippen LogP contribution in [0.4, 0.5) is 0 Å². The van der Waals surface area contributed by atoms with Gasteiger partial charge in [-0.05, 0) is 60.2 Å². The summed E-state index contributed by atoms with van der Waals surface area (Å²) in [6, 6.07) is 22.0. The van der Waals surface area contributed by atoms with Crippen molar-refractivity contribution in [3.8, 4) is 5.75 Å². The van der Waals surface area contributed by atoms with Gasteiger partial charge in [-0.2, -0.15) is 5.10 Å². The van der Waals surface area contributed by atoms with Gasteiger partial charge in [-0.3, -0.25) is 4.79 Å². The van der Waals surface area contributed by atoms with Crippen LogP contribution >= 0.6 is 27.5 Å². The summed E-state index contributed by atoms with van der Waals surface area (Å²) in [5.74, 6) is 0.462. The first-order valence-electron chi connectivity index (χ1n) is 8.17. The van der Waals surface area contributed by atoms with Gasteiger partial charge in [0.15, 0.2) is 0 Å². The molecule has 0 spiro atoms. The van der Waals surface area contributed by atoms with E-state index in [4.69, 9.17) is 16.3 Å². The number of nitrogens with one attached hydrogen (secondary N) is 1. The second kappa shape index (κ2) is 9.35. The van der Waals surface area contributed by atoms with E-state index >= 15 is 0 Å². The lowest BCUT2D eigenvalue weighted by Gasteiger charge is -2.07. The second-order valence-corrected chi connectivity index (χ2v) is 6.98. The molecule has 0 aliphatic heterocycles. The number of carbonyl (C=O) groups is 1. The molecule has 0 aromatic heterocycles. The van der Waals surface area contributed by atoms with E-state index in [0.717, 1.165) is 21.3 Å². The molecule has 3 aromatic carbocycles. The maximum atomic E-state index is 12.0. The van der Waals surface area contributed by atoms with Crippen LogP contribution < -0.4 is 10.2 Å². The molecular formula is C21H16BrClN2O2. The number of hydrazone groups is 1. The quantitative estimate of drug-likeness (QED) is 0.407. The van der Waals surface area contributed by atoms with Gasteiger partial charge in [0.05, 0.1) is 6.21 Å². The van der Waals surface area contributed by atoms with Crippen molar-refractivity contribution in [2.75, 3.05) is 0 Å². The zero-order valence-corrected chi connectivity index (χ0v) is 16.6. The zero-order valence-electron chi connectivity index (χ0n) is 14.2. The Hall–Kier alpha value is -2.63. The minimum atomic E-state index is -0.265. The molecule has 136 valence electrons. The van der Waals surface area contributed by atoms with Gasteiger partial charge in [-0.1, -0.05) is 45.7 Å². The second-order valence-electron chi connectivity index (χ2n) is 5.66. The molecule has 4 nitrogen and oxygen atoms in total. The van der Waals surface area contributed by atoms with Crippen LogP contribution in [0.25, 0.3) is 0 Å². The van der Waals surface area contributed by atoms with Crippen molar-refractivity contribution in [2.24, 2.45) is 5.10 Å². The molecule has 0 bridgehead atoms. The molecule has 0 unspecified atom stereocenters. The van der Waals surface area contributed by atoms with Crippen molar-refractivity contribution in [3.63, 3.8) is 0 Å². The van der Waals surface area contributed by atoms with Crippen molar-refractivity contribution >= 4 is 39.7 Å². The lowest BCUT2D eigenvalue weighted by atomic mass is 10.2. The van der Waals surface area contributed by atoms with E-state index in [1.807, 2.05) is 48.5 Å². The van der Waals surface area contributed by atoms with Gasteiger partial charge in [0, 0.05) is 20.6 Å². The van der Waals surface area contributed by atoms with Crippen LogP contribution in [0.3, 0.4) is 0 Å². The van der Waals surface area contributed by atoms with Gasteiger partial charge in [0.2, 0.25) is 0 Å². The minimum absolute atomic E-state index is 0.265. The van der Waals surface area contributed by atoms with Crippen molar-refractivity contribution < 1.29 is 9.53 Å². The van der Waals surface area contributed by atoms with Crippen LogP contribution in [-0.2, 0) is 6.61 Å². The number of ether oxygens (including phenoxy) is 1. The third-order valence-electron chi connectivity index (χ3n) is 3.72. The van der Waals surface area contributed by atoms with Crippen LogP contribution in [0.2, 0.25) is 5.02 Å².